The van der Waals surface area contributed by atoms with Gasteiger partial charge >= 0.3 is 0 Å². The molecule has 0 unspecified atom stereocenters. The van der Waals surface area contributed by atoms with Crippen LogP contribution in [0.5, 0.6) is 11.5 Å². The van der Waals surface area contributed by atoms with Crippen molar-refractivity contribution in [3.05, 3.63) is 23.8 Å². The van der Waals surface area contributed by atoms with Gasteiger partial charge in [0.25, 0.3) is 0 Å². The molecule has 1 aromatic rings. The lowest BCUT2D eigenvalue weighted by molar-refractivity contribution is 0.0925. The third kappa shape index (κ3) is 3.59. The smallest absolute Gasteiger partial charge is 0.161 e. The second kappa shape index (κ2) is 6.75. The van der Waals surface area contributed by atoms with Crippen LogP contribution in [0, 0.1) is 0 Å². The van der Waals surface area contributed by atoms with Crippen molar-refractivity contribution in [3.8, 4) is 11.5 Å². The van der Waals surface area contributed by atoms with Gasteiger partial charge in [0.05, 0.1) is 19.3 Å². The molecule has 2 rings (SSSR count). The van der Waals surface area contributed by atoms with Gasteiger partial charge in [-0.3, -0.25) is 4.90 Å². The number of aliphatic hydroxyl groups is 2. The third-order valence-corrected chi connectivity index (χ3v) is 3.40. The second-order valence-corrected chi connectivity index (χ2v) is 4.73. The summed E-state index contributed by atoms with van der Waals surface area (Å²) in [7, 11) is 1.90. The zero-order valence-corrected chi connectivity index (χ0v) is 11.2. The molecule has 0 bridgehead atoms. The molecule has 1 aromatic carbocycles. The average molecular weight is 267 g/mol. The highest BCUT2D eigenvalue weighted by atomic mass is 16.6. The normalized spacial score (nSPS) is 14.2. The van der Waals surface area contributed by atoms with Crippen LogP contribution in [-0.4, -0.2) is 61.2 Å². The fraction of sp³-hybridized carbons (Fsp3) is 0.571. The number of hydrogen-bond donors (Lipinski definition) is 2. The number of nitrogens with zero attached hydrogens (tertiary/aromatic N) is 1. The third-order valence-electron chi connectivity index (χ3n) is 3.40. The van der Waals surface area contributed by atoms with E-state index in [2.05, 4.69) is 0 Å². The molecule has 0 saturated heterocycles. The predicted molar refractivity (Wildman–Crippen MR) is 71.7 cm³/mol. The topological polar surface area (TPSA) is 62.2 Å². The molecule has 0 atom stereocenters. The van der Waals surface area contributed by atoms with Gasteiger partial charge < -0.3 is 19.7 Å². The van der Waals surface area contributed by atoms with Crippen LogP contribution in [0.4, 0.5) is 0 Å². The molecule has 0 fully saturated rings. The Balaban J connectivity index is 1.92. The molecular formula is C14H21NO4. The summed E-state index contributed by atoms with van der Waals surface area (Å²) in [5.41, 5.74) is 1.16. The highest BCUT2D eigenvalue weighted by molar-refractivity contribution is 5.43. The van der Waals surface area contributed by atoms with Crippen LogP contribution in [0.15, 0.2) is 18.2 Å². The van der Waals surface area contributed by atoms with Crippen molar-refractivity contribution >= 4 is 0 Å². The van der Waals surface area contributed by atoms with E-state index in [1.807, 2.05) is 30.1 Å². The standard InChI is InChI=1S/C14H21NO4/c1-15(12(9-16)10-17)5-4-11-2-3-13-14(8-11)19-7-6-18-13/h2-3,8,12,16-17H,4-7,9-10H2,1H3. The van der Waals surface area contributed by atoms with Gasteiger partial charge in [0.1, 0.15) is 13.2 Å². The van der Waals surface area contributed by atoms with E-state index in [0.717, 1.165) is 30.0 Å². The van der Waals surface area contributed by atoms with E-state index >= 15 is 0 Å². The fourth-order valence-electron chi connectivity index (χ4n) is 2.07. The molecule has 2 N–H and O–H groups in total. The number of hydrogen-bond acceptors (Lipinski definition) is 5. The maximum atomic E-state index is 9.11. The lowest BCUT2D eigenvalue weighted by Crippen LogP contribution is -2.38. The molecule has 1 aliphatic heterocycles. The molecule has 1 aliphatic rings. The first-order valence-corrected chi connectivity index (χ1v) is 6.55. The van der Waals surface area contributed by atoms with E-state index < -0.39 is 0 Å². The Morgan fingerprint density at radius 3 is 2.53 bits per heavy atom. The summed E-state index contributed by atoms with van der Waals surface area (Å²) >= 11 is 0. The molecule has 0 amide bonds. The van der Waals surface area contributed by atoms with Gasteiger partial charge in [-0.25, -0.2) is 0 Å². The Hall–Kier alpha value is -1.30. The predicted octanol–water partition coefficient (Wildman–Crippen LogP) is 0.285. The van der Waals surface area contributed by atoms with Crippen molar-refractivity contribution in [2.75, 3.05) is 40.0 Å². The van der Waals surface area contributed by atoms with Crippen molar-refractivity contribution in [2.24, 2.45) is 0 Å². The highest BCUT2D eigenvalue weighted by Gasteiger charge is 2.14. The lowest BCUT2D eigenvalue weighted by Gasteiger charge is -2.25. The van der Waals surface area contributed by atoms with E-state index in [-0.39, 0.29) is 19.3 Å². The summed E-state index contributed by atoms with van der Waals surface area (Å²) in [6.07, 6.45) is 0.837. The molecule has 106 valence electrons. The van der Waals surface area contributed by atoms with Crippen LogP contribution in [0.1, 0.15) is 5.56 Å². The maximum Gasteiger partial charge on any atom is 0.161 e. The van der Waals surface area contributed by atoms with E-state index in [0.29, 0.717) is 13.2 Å². The number of likely N-dealkylation sites (N-methyl/N-ethyl adjacent to an activating group) is 1. The van der Waals surface area contributed by atoms with Gasteiger partial charge in [-0.1, -0.05) is 6.07 Å². The summed E-state index contributed by atoms with van der Waals surface area (Å²) in [6.45, 7) is 1.89. The van der Waals surface area contributed by atoms with Crippen LogP contribution in [0.25, 0.3) is 0 Å². The first kappa shape index (κ1) is 14.1. The number of ether oxygens (including phenoxy) is 2. The Labute approximate surface area is 113 Å². The molecular weight excluding hydrogens is 246 g/mol. The molecule has 5 heteroatoms. The summed E-state index contributed by atoms with van der Waals surface area (Å²) in [5, 5.41) is 18.2. The minimum atomic E-state index is -0.197. The number of aliphatic hydroxyl groups excluding tert-OH is 2. The first-order chi connectivity index (χ1) is 9.24. The number of fused-ring (bicyclic) bond motifs is 1. The lowest BCUT2D eigenvalue weighted by atomic mass is 10.1. The van der Waals surface area contributed by atoms with Crippen molar-refractivity contribution in [1.82, 2.24) is 4.90 Å². The van der Waals surface area contributed by atoms with Gasteiger partial charge in [0, 0.05) is 6.54 Å². The van der Waals surface area contributed by atoms with Crippen LogP contribution >= 0.6 is 0 Å². The Kier molecular flexibility index (Phi) is 5.01. The van der Waals surface area contributed by atoms with E-state index in [4.69, 9.17) is 19.7 Å². The minimum absolute atomic E-state index is 0.0336. The van der Waals surface area contributed by atoms with Gasteiger partial charge in [0.2, 0.25) is 0 Å². The van der Waals surface area contributed by atoms with E-state index in [1.165, 1.54) is 0 Å². The number of benzene rings is 1. The SMILES string of the molecule is CN(CCc1ccc2c(c1)OCCO2)C(CO)CO. The maximum absolute atomic E-state index is 9.11. The summed E-state index contributed by atoms with van der Waals surface area (Å²) in [5.74, 6) is 1.60. The molecule has 1 heterocycles. The number of rotatable bonds is 6. The van der Waals surface area contributed by atoms with Gasteiger partial charge in [-0.2, -0.15) is 0 Å². The van der Waals surface area contributed by atoms with Gasteiger partial charge in [0.15, 0.2) is 11.5 Å². The summed E-state index contributed by atoms with van der Waals surface area (Å²) in [6, 6.07) is 5.75. The van der Waals surface area contributed by atoms with Crippen molar-refractivity contribution in [1.29, 1.82) is 0 Å². The average Bonchev–Trinajstić information content (AvgIpc) is 2.46. The van der Waals surface area contributed by atoms with Crippen LogP contribution in [0.2, 0.25) is 0 Å². The molecule has 0 spiro atoms. The second-order valence-electron chi connectivity index (χ2n) is 4.73. The van der Waals surface area contributed by atoms with Crippen LogP contribution in [0.3, 0.4) is 0 Å². The fourth-order valence-corrected chi connectivity index (χ4v) is 2.07. The monoisotopic (exact) mass is 267 g/mol. The highest BCUT2D eigenvalue weighted by Crippen LogP contribution is 2.30. The zero-order chi connectivity index (χ0) is 13.7. The van der Waals surface area contributed by atoms with Crippen LogP contribution in [-0.2, 0) is 6.42 Å². The Bertz CT molecular complexity index is 406. The van der Waals surface area contributed by atoms with Gasteiger partial charge in [-0.15, -0.1) is 0 Å². The largest absolute Gasteiger partial charge is 0.486 e. The van der Waals surface area contributed by atoms with Crippen molar-refractivity contribution in [2.45, 2.75) is 12.5 Å². The van der Waals surface area contributed by atoms with Gasteiger partial charge in [-0.05, 0) is 31.2 Å². The minimum Gasteiger partial charge on any atom is -0.486 e. The zero-order valence-electron chi connectivity index (χ0n) is 11.2. The summed E-state index contributed by atoms with van der Waals surface area (Å²) < 4.78 is 11.0. The summed E-state index contributed by atoms with van der Waals surface area (Å²) in [4.78, 5) is 1.96. The van der Waals surface area contributed by atoms with Crippen molar-refractivity contribution in [3.63, 3.8) is 0 Å². The molecule has 0 aliphatic carbocycles. The quantitative estimate of drug-likeness (QED) is 0.775. The molecule has 0 saturated carbocycles. The van der Waals surface area contributed by atoms with Crippen LogP contribution < -0.4 is 9.47 Å². The molecule has 0 radical (unpaired) electrons. The Morgan fingerprint density at radius 2 is 1.84 bits per heavy atom. The molecule has 5 nitrogen and oxygen atoms in total. The molecule has 0 aromatic heterocycles. The van der Waals surface area contributed by atoms with E-state index in [1.54, 1.807) is 0 Å². The van der Waals surface area contributed by atoms with Crippen molar-refractivity contribution < 1.29 is 19.7 Å². The first-order valence-electron chi connectivity index (χ1n) is 6.55. The molecule has 19 heavy (non-hydrogen) atoms. The Morgan fingerprint density at radius 1 is 1.16 bits per heavy atom. The van der Waals surface area contributed by atoms with E-state index in [9.17, 15) is 0 Å².